The molecule has 3 aliphatic rings. The van der Waals surface area contributed by atoms with Gasteiger partial charge in [-0.15, -0.1) is 4.40 Å². The van der Waals surface area contributed by atoms with Crippen molar-refractivity contribution in [2.75, 3.05) is 26.2 Å². The molecule has 2 atom stereocenters. The highest BCUT2D eigenvalue weighted by Gasteiger charge is 2.41. The molecule has 1 N–H and O–H groups in total. The second-order valence-electron chi connectivity index (χ2n) is 9.21. The van der Waals surface area contributed by atoms with E-state index in [9.17, 15) is 18.0 Å². The van der Waals surface area contributed by atoms with Crippen molar-refractivity contribution in [1.82, 2.24) is 15.1 Å². The van der Waals surface area contributed by atoms with Gasteiger partial charge in [-0.2, -0.15) is 8.42 Å². The lowest BCUT2D eigenvalue weighted by atomic mass is 9.96. The Balaban J connectivity index is 1.41. The van der Waals surface area contributed by atoms with Crippen LogP contribution in [-0.2, 0) is 19.6 Å². The molecule has 9 heteroatoms. The van der Waals surface area contributed by atoms with Crippen LogP contribution >= 0.6 is 0 Å². The average molecular weight is 475 g/mol. The lowest BCUT2D eigenvalue weighted by Crippen LogP contribution is -2.52. The van der Waals surface area contributed by atoms with E-state index in [-0.39, 0.29) is 22.6 Å². The Hall–Kier alpha value is -2.42. The van der Waals surface area contributed by atoms with Crippen molar-refractivity contribution in [3.8, 4) is 0 Å². The molecular formula is C24H34N4O4S. The third-order valence-corrected chi connectivity index (χ3v) is 8.18. The van der Waals surface area contributed by atoms with Crippen LogP contribution < -0.4 is 5.32 Å². The number of rotatable bonds is 7. The summed E-state index contributed by atoms with van der Waals surface area (Å²) >= 11 is 0. The third kappa shape index (κ3) is 5.08. The van der Waals surface area contributed by atoms with Crippen molar-refractivity contribution in [3.63, 3.8) is 0 Å². The lowest BCUT2D eigenvalue weighted by Gasteiger charge is -2.36. The zero-order chi connectivity index (χ0) is 23.4. The maximum atomic E-state index is 13.5. The van der Waals surface area contributed by atoms with Gasteiger partial charge in [-0.05, 0) is 44.2 Å². The van der Waals surface area contributed by atoms with Gasteiger partial charge in [0.15, 0.2) is 5.84 Å². The first-order valence-electron chi connectivity index (χ1n) is 12.2. The molecule has 1 aromatic carbocycles. The standard InChI is InChI=1S/C24H34N4O4S/c1-2-3-4-7-14-25-23(29)18-10-8-15-27(17-18)24(30)20-12-9-16-28(20)22-19-11-5-6-13-21(19)33(31,32)26-22/h5-6,11,13,18,20H,2-4,7-10,12,14-17H2,1H3,(H,25,29)/t18?,20-/m0/s1. The molecule has 8 nitrogen and oxygen atoms in total. The monoisotopic (exact) mass is 474 g/mol. The molecule has 0 aromatic heterocycles. The van der Waals surface area contributed by atoms with Crippen molar-refractivity contribution in [1.29, 1.82) is 0 Å². The van der Waals surface area contributed by atoms with E-state index in [1.807, 2.05) is 4.90 Å². The van der Waals surface area contributed by atoms with Crippen molar-refractivity contribution < 1.29 is 18.0 Å². The Kier molecular flexibility index (Phi) is 7.36. The molecule has 2 amide bonds. The highest BCUT2D eigenvalue weighted by atomic mass is 32.2. The van der Waals surface area contributed by atoms with E-state index in [1.54, 1.807) is 29.2 Å². The zero-order valence-electron chi connectivity index (χ0n) is 19.3. The van der Waals surface area contributed by atoms with Crippen molar-refractivity contribution in [2.24, 2.45) is 10.3 Å². The Morgan fingerprint density at radius 1 is 1.09 bits per heavy atom. The van der Waals surface area contributed by atoms with Crippen LogP contribution in [0.1, 0.15) is 63.9 Å². The van der Waals surface area contributed by atoms with Crippen LogP contribution in [0.25, 0.3) is 0 Å². The number of piperidine rings is 1. The van der Waals surface area contributed by atoms with Crippen LogP contribution in [0, 0.1) is 5.92 Å². The van der Waals surface area contributed by atoms with Crippen molar-refractivity contribution in [2.45, 2.75) is 69.2 Å². The third-order valence-electron chi connectivity index (χ3n) is 6.86. The number of hydrogen-bond acceptors (Lipinski definition) is 5. The summed E-state index contributed by atoms with van der Waals surface area (Å²) in [7, 11) is -3.73. The van der Waals surface area contributed by atoms with Crippen LogP contribution in [0.3, 0.4) is 0 Å². The lowest BCUT2D eigenvalue weighted by molar-refractivity contribution is -0.138. The van der Waals surface area contributed by atoms with Gasteiger partial charge < -0.3 is 15.1 Å². The van der Waals surface area contributed by atoms with Gasteiger partial charge in [0.1, 0.15) is 10.9 Å². The van der Waals surface area contributed by atoms with Gasteiger partial charge in [0.25, 0.3) is 10.0 Å². The first-order chi connectivity index (χ1) is 15.9. The summed E-state index contributed by atoms with van der Waals surface area (Å²) < 4.78 is 29.0. The number of unbranched alkanes of at least 4 members (excludes halogenated alkanes) is 3. The summed E-state index contributed by atoms with van der Waals surface area (Å²) in [5.74, 6) is 0.193. The van der Waals surface area contributed by atoms with Gasteiger partial charge in [-0.25, -0.2) is 0 Å². The summed E-state index contributed by atoms with van der Waals surface area (Å²) in [6.07, 6.45) is 7.48. The van der Waals surface area contributed by atoms with Crippen molar-refractivity contribution in [3.05, 3.63) is 29.8 Å². The molecule has 3 aliphatic heterocycles. The molecular weight excluding hydrogens is 440 g/mol. The Labute approximate surface area is 196 Å². The number of amidine groups is 1. The van der Waals surface area contributed by atoms with Crippen LogP contribution in [0.5, 0.6) is 0 Å². The molecule has 2 saturated heterocycles. The van der Waals surface area contributed by atoms with Crippen molar-refractivity contribution >= 4 is 27.7 Å². The maximum absolute atomic E-state index is 13.5. The van der Waals surface area contributed by atoms with Gasteiger partial charge in [0, 0.05) is 31.7 Å². The zero-order valence-corrected chi connectivity index (χ0v) is 20.1. The highest BCUT2D eigenvalue weighted by molar-refractivity contribution is 7.90. The fraction of sp³-hybridized carbons (Fsp3) is 0.625. The average Bonchev–Trinajstić information content (AvgIpc) is 3.41. The van der Waals surface area contributed by atoms with E-state index in [2.05, 4.69) is 16.6 Å². The van der Waals surface area contributed by atoms with E-state index in [4.69, 9.17) is 0 Å². The predicted molar refractivity (Wildman–Crippen MR) is 126 cm³/mol. The topological polar surface area (TPSA) is 99.2 Å². The van der Waals surface area contributed by atoms with Crippen LogP contribution in [0.4, 0.5) is 0 Å². The van der Waals surface area contributed by atoms with E-state index >= 15 is 0 Å². The molecule has 0 spiro atoms. The molecule has 1 unspecified atom stereocenters. The fourth-order valence-electron chi connectivity index (χ4n) is 5.08. The Morgan fingerprint density at radius 3 is 2.70 bits per heavy atom. The largest absolute Gasteiger partial charge is 0.356 e. The minimum Gasteiger partial charge on any atom is -0.356 e. The maximum Gasteiger partial charge on any atom is 0.285 e. The number of nitrogens with one attached hydrogen (secondary N) is 1. The molecule has 4 rings (SSSR count). The minimum atomic E-state index is -3.73. The summed E-state index contributed by atoms with van der Waals surface area (Å²) in [5, 5.41) is 3.04. The quantitative estimate of drug-likeness (QED) is 0.613. The van der Waals surface area contributed by atoms with Crippen LogP contribution in [-0.4, -0.2) is 68.1 Å². The molecule has 2 fully saturated rings. The number of likely N-dealkylation sites (tertiary alicyclic amines) is 2. The number of amides is 2. The highest BCUT2D eigenvalue weighted by Crippen LogP contribution is 2.32. The van der Waals surface area contributed by atoms with Gasteiger partial charge in [0.05, 0.1) is 5.92 Å². The molecule has 0 radical (unpaired) electrons. The summed E-state index contributed by atoms with van der Waals surface area (Å²) in [6, 6.07) is 6.34. The van der Waals surface area contributed by atoms with E-state index in [0.717, 1.165) is 38.5 Å². The van der Waals surface area contributed by atoms with E-state index in [1.165, 1.54) is 6.42 Å². The number of benzene rings is 1. The molecule has 180 valence electrons. The van der Waals surface area contributed by atoms with Gasteiger partial charge in [0.2, 0.25) is 11.8 Å². The summed E-state index contributed by atoms with van der Waals surface area (Å²) in [5.41, 5.74) is 0.566. The first-order valence-corrected chi connectivity index (χ1v) is 13.6. The van der Waals surface area contributed by atoms with E-state index < -0.39 is 16.1 Å². The van der Waals surface area contributed by atoms with Gasteiger partial charge >= 0.3 is 0 Å². The van der Waals surface area contributed by atoms with Gasteiger partial charge in [-0.1, -0.05) is 38.3 Å². The number of carbonyl (C=O) groups is 2. The van der Waals surface area contributed by atoms with Gasteiger partial charge in [-0.3, -0.25) is 9.59 Å². The number of fused-ring (bicyclic) bond motifs is 1. The SMILES string of the molecule is CCCCCCNC(=O)C1CCCN(C(=O)[C@@H]2CCCN2C2=NS(=O)(=O)c3ccccc32)C1. The molecule has 3 heterocycles. The fourth-order valence-corrected chi connectivity index (χ4v) is 6.30. The smallest absolute Gasteiger partial charge is 0.285 e. The molecule has 33 heavy (non-hydrogen) atoms. The normalized spacial score (nSPS) is 23.8. The predicted octanol–water partition coefficient (Wildman–Crippen LogP) is 2.54. The summed E-state index contributed by atoms with van der Waals surface area (Å²) in [4.78, 5) is 30.0. The minimum absolute atomic E-state index is 0.0302. The Morgan fingerprint density at radius 2 is 1.88 bits per heavy atom. The number of sulfonamides is 1. The van der Waals surface area contributed by atoms with Crippen LogP contribution in [0.15, 0.2) is 33.6 Å². The number of carbonyl (C=O) groups excluding carboxylic acids is 2. The summed E-state index contributed by atoms with van der Waals surface area (Å²) in [6.45, 7) is 4.49. The second kappa shape index (κ2) is 10.2. The molecule has 0 saturated carbocycles. The first kappa shape index (κ1) is 23.7. The second-order valence-corrected chi connectivity index (χ2v) is 10.8. The molecule has 1 aromatic rings. The Bertz CT molecular complexity index is 1020. The number of hydrogen-bond donors (Lipinski definition) is 1. The van der Waals surface area contributed by atoms with Crippen LogP contribution in [0.2, 0.25) is 0 Å². The molecule has 0 bridgehead atoms. The molecule has 0 aliphatic carbocycles. The van der Waals surface area contributed by atoms with E-state index in [0.29, 0.717) is 44.0 Å². The number of nitrogens with zero attached hydrogens (tertiary/aromatic N) is 3.